The number of hydrogen-bond donors (Lipinski definition) is 1. The second-order valence-corrected chi connectivity index (χ2v) is 3.67. The summed E-state index contributed by atoms with van der Waals surface area (Å²) in [4.78, 5) is 4.49. The maximum Gasteiger partial charge on any atom is 0.173 e. The maximum atomic E-state index is 5.10. The molecule has 1 N–H and O–H groups in total. The Hall–Kier alpha value is -1.65. The molecule has 0 bridgehead atoms. The summed E-state index contributed by atoms with van der Waals surface area (Å²) in [5.41, 5.74) is 0.976. The highest BCUT2D eigenvalue weighted by Crippen LogP contribution is 2.14. The molecule has 4 heteroatoms. The van der Waals surface area contributed by atoms with Gasteiger partial charge in [0, 0.05) is 19.6 Å². The van der Waals surface area contributed by atoms with Crippen molar-refractivity contribution >= 4 is 16.7 Å². The first-order chi connectivity index (χ1) is 8.33. The summed E-state index contributed by atoms with van der Waals surface area (Å²) >= 11 is 0. The zero-order valence-electron chi connectivity index (χ0n) is 10.0. The second kappa shape index (κ2) is 5.61. The van der Waals surface area contributed by atoms with Crippen LogP contribution in [0.2, 0.25) is 0 Å². The molecule has 0 atom stereocenters. The fourth-order valence-corrected chi connectivity index (χ4v) is 1.62. The number of rotatable bonds is 5. The topological polar surface area (TPSA) is 43.4 Å². The Bertz CT molecular complexity index is 484. The van der Waals surface area contributed by atoms with Gasteiger partial charge < -0.3 is 14.8 Å². The van der Waals surface area contributed by atoms with Crippen molar-refractivity contribution in [2.24, 2.45) is 0 Å². The van der Waals surface area contributed by atoms with Crippen LogP contribution in [0.25, 0.3) is 10.9 Å². The third kappa shape index (κ3) is 2.93. The quantitative estimate of drug-likeness (QED) is 0.803. The molecule has 17 heavy (non-hydrogen) atoms. The van der Waals surface area contributed by atoms with E-state index in [1.807, 2.05) is 36.4 Å². The molecular formula is C13H16N2O2. The SMILES string of the molecule is COC(CNc1ccc2ccccc2n1)OC. The van der Waals surface area contributed by atoms with Gasteiger partial charge in [0.15, 0.2) is 6.29 Å². The second-order valence-electron chi connectivity index (χ2n) is 3.67. The van der Waals surface area contributed by atoms with E-state index in [9.17, 15) is 0 Å². The van der Waals surface area contributed by atoms with Crippen molar-refractivity contribution in [2.45, 2.75) is 6.29 Å². The highest BCUT2D eigenvalue weighted by atomic mass is 16.7. The minimum atomic E-state index is -0.261. The lowest BCUT2D eigenvalue weighted by atomic mass is 10.2. The summed E-state index contributed by atoms with van der Waals surface area (Å²) in [6.45, 7) is 0.568. The fraction of sp³-hybridized carbons (Fsp3) is 0.308. The van der Waals surface area contributed by atoms with Gasteiger partial charge in [-0.3, -0.25) is 0 Å². The highest BCUT2D eigenvalue weighted by molar-refractivity contribution is 5.79. The molecule has 1 aromatic carbocycles. The molecule has 0 saturated carbocycles. The van der Waals surface area contributed by atoms with Crippen LogP contribution in [0, 0.1) is 0 Å². The van der Waals surface area contributed by atoms with Crippen LogP contribution in [-0.2, 0) is 9.47 Å². The van der Waals surface area contributed by atoms with E-state index >= 15 is 0 Å². The first kappa shape index (κ1) is 11.8. The van der Waals surface area contributed by atoms with Crippen molar-refractivity contribution in [1.29, 1.82) is 0 Å². The lowest BCUT2D eigenvalue weighted by Gasteiger charge is -2.14. The molecule has 0 spiro atoms. The van der Waals surface area contributed by atoms with Crippen molar-refractivity contribution < 1.29 is 9.47 Å². The van der Waals surface area contributed by atoms with Crippen LogP contribution in [-0.4, -0.2) is 32.0 Å². The molecule has 0 aliphatic heterocycles. The van der Waals surface area contributed by atoms with Crippen molar-refractivity contribution in [1.82, 2.24) is 4.98 Å². The lowest BCUT2D eigenvalue weighted by Crippen LogP contribution is -2.23. The van der Waals surface area contributed by atoms with Gasteiger partial charge in [0.25, 0.3) is 0 Å². The number of fused-ring (bicyclic) bond motifs is 1. The van der Waals surface area contributed by atoms with Gasteiger partial charge in [-0.1, -0.05) is 18.2 Å². The Morgan fingerprint density at radius 1 is 1.12 bits per heavy atom. The van der Waals surface area contributed by atoms with Crippen LogP contribution >= 0.6 is 0 Å². The van der Waals surface area contributed by atoms with Crippen molar-refractivity contribution in [3.05, 3.63) is 36.4 Å². The van der Waals surface area contributed by atoms with E-state index in [4.69, 9.17) is 9.47 Å². The zero-order chi connectivity index (χ0) is 12.1. The average molecular weight is 232 g/mol. The zero-order valence-corrected chi connectivity index (χ0v) is 10.0. The fourth-order valence-electron chi connectivity index (χ4n) is 1.62. The van der Waals surface area contributed by atoms with E-state index < -0.39 is 0 Å². The van der Waals surface area contributed by atoms with Crippen LogP contribution < -0.4 is 5.32 Å². The van der Waals surface area contributed by atoms with Gasteiger partial charge in [-0.05, 0) is 18.2 Å². The summed E-state index contributed by atoms with van der Waals surface area (Å²) in [5.74, 6) is 0.822. The largest absolute Gasteiger partial charge is 0.365 e. The predicted octanol–water partition coefficient (Wildman–Crippen LogP) is 2.27. The molecule has 0 fully saturated rings. The average Bonchev–Trinajstić information content (AvgIpc) is 2.40. The Morgan fingerprint density at radius 3 is 2.65 bits per heavy atom. The summed E-state index contributed by atoms with van der Waals surface area (Å²) in [7, 11) is 3.23. The molecule has 0 saturated heterocycles. The van der Waals surface area contributed by atoms with Gasteiger partial charge in [0.1, 0.15) is 5.82 Å². The van der Waals surface area contributed by atoms with Crippen molar-refractivity contribution in [3.63, 3.8) is 0 Å². The number of anilines is 1. The van der Waals surface area contributed by atoms with Gasteiger partial charge in [0.2, 0.25) is 0 Å². The number of para-hydroxylation sites is 1. The smallest absolute Gasteiger partial charge is 0.173 e. The molecule has 4 nitrogen and oxygen atoms in total. The van der Waals surface area contributed by atoms with Gasteiger partial charge in [-0.25, -0.2) is 4.98 Å². The Balaban J connectivity index is 2.09. The predicted molar refractivity (Wildman–Crippen MR) is 68.0 cm³/mol. The van der Waals surface area contributed by atoms with E-state index in [2.05, 4.69) is 10.3 Å². The van der Waals surface area contributed by atoms with Crippen molar-refractivity contribution in [3.8, 4) is 0 Å². The van der Waals surface area contributed by atoms with Gasteiger partial charge in [-0.2, -0.15) is 0 Å². The van der Waals surface area contributed by atoms with Crippen molar-refractivity contribution in [2.75, 3.05) is 26.1 Å². The van der Waals surface area contributed by atoms with Crippen LogP contribution in [0.5, 0.6) is 0 Å². The van der Waals surface area contributed by atoms with Crippen LogP contribution in [0.4, 0.5) is 5.82 Å². The maximum absolute atomic E-state index is 5.10. The minimum Gasteiger partial charge on any atom is -0.365 e. The standard InChI is InChI=1S/C13H16N2O2/c1-16-13(17-2)9-14-12-8-7-10-5-3-4-6-11(10)15-12/h3-8,13H,9H2,1-2H3,(H,14,15). The molecule has 0 aliphatic carbocycles. The van der Waals surface area contributed by atoms with E-state index in [1.165, 1.54) is 0 Å². The Morgan fingerprint density at radius 2 is 1.88 bits per heavy atom. The number of nitrogens with zero attached hydrogens (tertiary/aromatic N) is 1. The van der Waals surface area contributed by atoms with E-state index in [0.717, 1.165) is 16.7 Å². The molecule has 0 aliphatic rings. The molecular weight excluding hydrogens is 216 g/mol. The number of ether oxygens (including phenoxy) is 2. The lowest BCUT2D eigenvalue weighted by molar-refractivity contribution is -0.0914. The number of hydrogen-bond acceptors (Lipinski definition) is 4. The number of nitrogens with one attached hydrogen (secondary N) is 1. The van der Waals surface area contributed by atoms with E-state index in [0.29, 0.717) is 6.54 Å². The normalized spacial score (nSPS) is 11.0. The molecule has 2 rings (SSSR count). The van der Waals surface area contributed by atoms with Gasteiger partial charge in [-0.15, -0.1) is 0 Å². The van der Waals surface area contributed by atoms with Gasteiger partial charge in [0.05, 0.1) is 12.1 Å². The summed E-state index contributed by atoms with van der Waals surface area (Å²) < 4.78 is 10.2. The van der Waals surface area contributed by atoms with Crippen LogP contribution in [0.1, 0.15) is 0 Å². The Labute approximate surface area is 101 Å². The molecule has 0 radical (unpaired) electrons. The third-order valence-corrected chi connectivity index (χ3v) is 2.57. The summed E-state index contributed by atoms with van der Waals surface area (Å²) in [6, 6.07) is 12.0. The first-order valence-electron chi connectivity index (χ1n) is 5.48. The van der Waals surface area contributed by atoms with Crippen LogP contribution in [0.3, 0.4) is 0 Å². The number of methoxy groups -OCH3 is 2. The third-order valence-electron chi connectivity index (χ3n) is 2.57. The molecule has 2 aromatic rings. The highest BCUT2D eigenvalue weighted by Gasteiger charge is 2.04. The minimum absolute atomic E-state index is 0.261. The molecule has 1 heterocycles. The number of aromatic nitrogens is 1. The number of pyridine rings is 1. The van der Waals surface area contributed by atoms with E-state index in [-0.39, 0.29) is 6.29 Å². The molecule has 0 unspecified atom stereocenters. The van der Waals surface area contributed by atoms with Gasteiger partial charge >= 0.3 is 0 Å². The summed E-state index contributed by atoms with van der Waals surface area (Å²) in [6.07, 6.45) is -0.261. The Kier molecular flexibility index (Phi) is 3.90. The van der Waals surface area contributed by atoms with E-state index in [1.54, 1.807) is 14.2 Å². The molecule has 90 valence electrons. The summed E-state index contributed by atoms with van der Waals surface area (Å²) in [5, 5.41) is 4.31. The molecule has 1 aromatic heterocycles. The molecule has 0 amide bonds. The number of benzene rings is 1. The monoisotopic (exact) mass is 232 g/mol. The first-order valence-corrected chi connectivity index (χ1v) is 5.48. The van der Waals surface area contributed by atoms with Crippen LogP contribution in [0.15, 0.2) is 36.4 Å².